The molecule has 17 heteroatoms. The van der Waals surface area contributed by atoms with Gasteiger partial charge < -0.3 is 9.73 Å². The van der Waals surface area contributed by atoms with Crippen molar-refractivity contribution in [2.24, 2.45) is 0 Å². The summed E-state index contributed by atoms with van der Waals surface area (Å²) in [6.07, 6.45) is 0.930. The topological polar surface area (TPSA) is 182 Å². The first-order valence-electron chi connectivity index (χ1n) is 12.1. The summed E-state index contributed by atoms with van der Waals surface area (Å²) in [4.78, 5) is 27.1. The number of furan rings is 1. The predicted octanol–water partition coefficient (Wildman–Crippen LogP) is 3.64. The molecule has 4 aromatic rings. The average molecular weight is 732 g/mol. The number of pyridine rings is 1. The van der Waals surface area contributed by atoms with E-state index in [1.165, 1.54) is 49.5 Å². The minimum Gasteiger partial charge on any atom is -0.437 e. The van der Waals surface area contributed by atoms with Crippen LogP contribution in [0.4, 0.5) is 15.9 Å². The van der Waals surface area contributed by atoms with Crippen LogP contribution in [-0.4, -0.2) is 59.0 Å². The van der Waals surface area contributed by atoms with Gasteiger partial charge in [0.1, 0.15) is 11.6 Å². The zero-order chi connectivity index (χ0) is 30.8. The molecular weight excluding hydrogens is 708 g/mol. The molecule has 1 amide bonds. The summed E-state index contributed by atoms with van der Waals surface area (Å²) in [6.45, 7) is -0.448. The molecule has 0 fully saturated rings. The van der Waals surface area contributed by atoms with E-state index in [9.17, 15) is 36.1 Å². The molecule has 0 spiro atoms. The number of para-hydroxylation sites is 1. The fourth-order valence-electron chi connectivity index (χ4n) is 4.09. The molecule has 13 nitrogen and oxygen atoms in total. The zero-order valence-corrected chi connectivity index (χ0v) is 25.8. The van der Waals surface area contributed by atoms with Gasteiger partial charge in [-0.3, -0.25) is 19.2 Å². The third-order valence-electron chi connectivity index (χ3n) is 6.00. The summed E-state index contributed by atoms with van der Waals surface area (Å²) in [5.41, 5.74) is -0.111. The molecule has 222 valence electrons. The van der Waals surface area contributed by atoms with Crippen molar-refractivity contribution in [1.82, 2.24) is 15.0 Å². The maximum Gasteiger partial charge on any atom is 0.289 e. The minimum atomic E-state index is -4.27. The van der Waals surface area contributed by atoms with Crippen LogP contribution in [0.3, 0.4) is 0 Å². The Morgan fingerprint density at radius 1 is 1.14 bits per heavy atom. The first kappa shape index (κ1) is 31.3. The lowest BCUT2D eigenvalue weighted by Crippen LogP contribution is -2.35. The van der Waals surface area contributed by atoms with Gasteiger partial charge in [-0.05, 0) is 65.4 Å². The number of hydrogen-bond donors (Lipinski definition) is 2. The highest BCUT2D eigenvalue weighted by Crippen LogP contribution is 2.36. The molecule has 2 aromatic heterocycles. The van der Waals surface area contributed by atoms with Crippen molar-refractivity contribution in [2.75, 3.05) is 30.7 Å². The van der Waals surface area contributed by atoms with Gasteiger partial charge in [-0.25, -0.2) is 25.9 Å². The van der Waals surface area contributed by atoms with Crippen molar-refractivity contribution in [3.63, 3.8) is 0 Å². The fourth-order valence-corrected chi connectivity index (χ4v) is 7.14. The van der Waals surface area contributed by atoms with Crippen LogP contribution < -0.4 is 14.3 Å². The molecule has 0 unspecified atom stereocenters. The fraction of sp³-hybridized carbons (Fsp3) is 0.200. The highest BCUT2D eigenvalue weighted by molar-refractivity contribution is 14.1. The highest BCUT2D eigenvalue weighted by Gasteiger charge is 2.28. The Bertz CT molecular complexity index is 1900. The second-order valence-corrected chi connectivity index (χ2v) is 13.7. The Balaban J connectivity index is 1.65. The van der Waals surface area contributed by atoms with Crippen LogP contribution in [0.15, 0.2) is 63.9 Å². The number of nitro benzene ring substituents is 1. The monoisotopic (exact) mass is 731 g/mol. The predicted molar refractivity (Wildman–Crippen MR) is 161 cm³/mol. The Morgan fingerprint density at radius 2 is 1.81 bits per heavy atom. The Labute approximate surface area is 253 Å². The molecule has 0 bridgehead atoms. The van der Waals surface area contributed by atoms with Gasteiger partial charge in [0.15, 0.2) is 10.7 Å². The number of nitrogens with zero attached hydrogens (tertiary/aromatic N) is 3. The summed E-state index contributed by atoms with van der Waals surface area (Å²) in [5.74, 6) is -0.890. The number of rotatable bonds is 11. The molecule has 0 saturated carbocycles. The number of carbonyl (C=O) groups is 1. The van der Waals surface area contributed by atoms with E-state index >= 15 is 0 Å². The van der Waals surface area contributed by atoms with Crippen molar-refractivity contribution in [1.29, 1.82) is 0 Å². The quantitative estimate of drug-likeness (QED) is 0.101. The van der Waals surface area contributed by atoms with Crippen molar-refractivity contribution in [3.8, 4) is 11.3 Å². The molecule has 0 aliphatic heterocycles. The SMILES string of the molecule is CNC(=O)c1c(-c2ccc(F)cc2)oc2nc(N(CCCNS(=O)(=O)c3ccccc3[N+](=O)[O-])S(C)(=O)=O)c(I)cc12. The lowest BCUT2D eigenvalue weighted by atomic mass is 10.1. The Kier molecular flexibility index (Phi) is 9.14. The number of sulfonamides is 2. The van der Waals surface area contributed by atoms with Gasteiger partial charge in [0.25, 0.3) is 11.6 Å². The van der Waals surface area contributed by atoms with Gasteiger partial charge in [-0.15, -0.1) is 0 Å². The number of halogens is 2. The third kappa shape index (κ3) is 6.53. The number of amides is 1. The van der Waals surface area contributed by atoms with E-state index < -0.39 is 47.3 Å². The maximum absolute atomic E-state index is 13.5. The smallest absolute Gasteiger partial charge is 0.289 e. The number of anilines is 1. The Morgan fingerprint density at radius 3 is 2.43 bits per heavy atom. The molecule has 2 heterocycles. The molecule has 0 aliphatic carbocycles. The van der Waals surface area contributed by atoms with E-state index in [-0.39, 0.29) is 42.4 Å². The van der Waals surface area contributed by atoms with Gasteiger partial charge in [-0.1, -0.05) is 12.1 Å². The number of nitrogens with one attached hydrogen (secondary N) is 2. The summed E-state index contributed by atoms with van der Waals surface area (Å²) in [5, 5.41) is 14.1. The summed E-state index contributed by atoms with van der Waals surface area (Å²) in [7, 11) is -6.78. The van der Waals surface area contributed by atoms with Crippen LogP contribution in [0, 0.1) is 19.5 Å². The molecule has 42 heavy (non-hydrogen) atoms. The maximum atomic E-state index is 13.5. The van der Waals surface area contributed by atoms with Crippen LogP contribution in [0.5, 0.6) is 0 Å². The standard InChI is InChI=1S/C25H23FIN5O8S2/c1-28-24(33)21-17-14-18(27)23(30-25(17)40-22(21)15-8-10-16(26)11-9-15)31(41(2,36)37)13-5-12-29-42(38,39)20-7-4-3-6-19(20)32(34)35/h3-4,6-11,14,29H,5,12-13H2,1-2H3,(H,28,33). The van der Waals surface area contributed by atoms with Crippen LogP contribution in [0.2, 0.25) is 0 Å². The number of carbonyl (C=O) groups excluding carboxylic acids is 1. The van der Waals surface area contributed by atoms with Gasteiger partial charge in [0.05, 0.1) is 25.7 Å². The van der Waals surface area contributed by atoms with Crippen LogP contribution >= 0.6 is 22.6 Å². The first-order chi connectivity index (χ1) is 19.7. The molecular formula is C25H23FIN5O8S2. The van der Waals surface area contributed by atoms with Crippen molar-refractivity contribution in [2.45, 2.75) is 11.3 Å². The number of hydrogen-bond acceptors (Lipinski definition) is 9. The van der Waals surface area contributed by atoms with Gasteiger partial charge in [0.2, 0.25) is 25.8 Å². The minimum absolute atomic E-state index is 0.0185. The first-order valence-corrected chi connectivity index (χ1v) is 16.5. The van der Waals surface area contributed by atoms with Crippen molar-refractivity contribution < 1.29 is 35.4 Å². The second kappa shape index (κ2) is 12.3. The molecule has 0 radical (unpaired) electrons. The van der Waals surface area contributed by atoms with E-state index in [0.29, 0.717) is 14.5 Å². The van der Waals surface area contributed by atoms with Crippen LogP contribution in [-0.2, 0) is 20.0 Å². The second-order valence-electron chi connectivity index (χ2n) is 8.85. The number of aromatic nitrogens is 1. The zero-order valence-electron chi connectivity index (χ0n) is 22.0. The van der Waals surface area contributed by atoms with E-state index in [2.05, 4.69) is 15.0 Å². The third-order valence-corrected chi connectivity index (χ3v) is 9.45. The van der Waals surface area contributed by atoms with Gasteiger partial charge in [-0.2, -0.15) is 4.98 Å². The van der Waals surface area contributed by atoms with E-state index in [0.717, 1.165) is 22.7 Å². The van der Waals surface area contributed by atoms with Crippen LogP contribution in [0.25, 0.3) is 22.4 Å². The van der Waals surface area contributed by atoms with Gasteiger partial charge in [0, 0.05) is 31.8 Å². The normalized spacial score (nSPS) is 11.9. The largest absolute Gasteiger partial charge is 0.437 e. The highest BCUT2D eigenvalue weighted by atomic mass is 127. The van der Waals surface area contributed by atoms with Gasteiger partial charge >= 0.3 is 0 Å². The average Bonchev–Trinajstić information content (AvgIpc) is 3.30. The van der Waals surface area contributed by atoms with E-state index in [1.807, 2.05) is 22.6 Å². The Hall–Kier alpha value is -3.68. The van der Waals surface area contributed by atoms with Crippen LogP contribution in [0.1, 0.15) is 16.8 Å². The molecule has 0 saturated heterocycles. The number of benzene rings is 2. The molecule has 2 N–H and O–H groups in total. The summed E-state index contributed by atoms with van der Waals surface area (Å²) < 4.78 is 73.9. The van der Waals surface area contributed by atoms with Crippen molar-refractivity contribution >= 4 is 71.1 Å². The summed E-state index contributed by atoms with van der Waals surface area (Å²) >= 11 is 1.87. The number of fused-ring (bicyclic) bond motifs is 1. The molecule has 0 aliphatic rings. The lowest BCUT2D eigenvalue weighted by Gasteiger charge is -2.22. The van der Waals surface area contributed by atoms with Crippen molar-refractivity contribution in [3.05, 3.63) is 79.7 Å². The number of nitro groups is 1. The lowest BCUT2D eigenvalue weighted by molar-refractivity contribution is -0.387. The van der Waals surface area contributed by atoms with E-state index in [4.69, 9.17) is 4.42 Å². The summed E-state index contributed by atoms with van der Waals surface area (Å²) in [6, 6.07) is 11.7. The van der Waals surface area contributed by atoms with E-state index in [1.54, 1.807) is 0 Å². The molecule has 4 rings (SSSR count). The molecule has 0 atom stereocenters. The molecule has 2 aromatic carbocycles.